The summed E-state index contributed by atoms with van der Waals surface area (Å²) >= 11 is 13.8. The van der Waals surface area contributed by atoms with Gasteiger partial charge in [-0.2, -0.15) is 0 Å². The first-order chi connectivity index (χ1) is 14.3. The molecule has 0 radical (unpaired) electrons. The fraction of sp³-hybridized carbons (Fsp3) is 0.318. The van der Waals surface area contributed by atoms with E-state index in [0.717, 1.165) is 22.1 Å². The number of nitrogens with one attached hydrogen (secondary N) is 1. The van der Waals surface area contributed by atoms with Crippen LogP contribution in [0.2, 0.25) is 10.0 Å². The average Bonchev–Trinajstić information content (AvgIpc) is 3.05. The summed E-state index contributed by atoms with van der Waals surface area (Å²) < 4.78 is 1.93. The van der Waals surface area contributed by atoms with E-state index in [0.29, 0.717) is 21.4 Å². The molecule has 1 amide bonds. The van der Waals surface area contributed by atoms with Crippen LogP contribution in [0.4, 0.5) is 0 Å². The van der Waals surface area contributed by atoms with Crippen LogP contribution in [0.3, 0.4) is 0 Å². The fourth-order valence-electron chi connectivity index (χ4n) is 3.04. The summed E-state index contributed by atoms with van der Waals surface area (Å²) in [5, 5.41) is 13.8. The molecular weight excluding hydrogens is 439 g/mol. The molecule has 3 rings (SSSR count). The summed E-state index contributed by atoms with van der Waals surface area (Å²) in [6, 6.07) is 12.7. The summed E-state index contributed by atoms with van der Waals surface area (Å²) in [5.74, 6) is 1.38. The predicted molar refractivity (Wildman–Crippen MR) is 123 cm³/mol. The Labute approximate surface area is 191 Å². The van der Waals surface area contributed by atoms with Crippen LogP contribution in [0.1, 0.15) is 47.2 Å². The van der Waals surface area contributed by atoms with Crippen molar-refractivity contribution in [2.75, 3.05) is 0 Å². The zero-order valence-corrected chi connectivity index (χ0v) is 19.6. The summed E-state index contributed by atoms with van der Waals surface area (Å²) in [7, 11) is 1.91. The van der Waals surface area contributed by atoms with Crippen LogP contribution in [0.15, 0.2) is 47.6 Å². The average molecular weight is 463 g/mol. The zero-order chi connectivity index (χ0) is 21.8. The van der Waals surface area contributed by atoms with Crippen molar-refractivity contribution in [3.05, 3.63) is 75.0 Å². The Kier molecular flexibility index (Phi) is 7.45. The van der Waals surface area contributed by atoms with Crippen LogP contribution in [-0.4, -0.2) is 20.7 Å². The Balaban J connectivity index is 1.76. The van der Waals surface area contributed by atoms with E-state index in [9.17, 15) is 4.79 Å². The van der Waals surface area contributed by atoms with Crippen molar-refractivity contribution >= 4 is 40.9 Å². The molecule has 1 aromatic heterocycles. The van der Waals surface area contributed by atoms with Gasteiger partial charge in [-0.3, -0.25) is 4.79 Å². The number of carbonyl (C=O) groups is 1. The SMILES string of the molecule is Cc1cccc(C(=O)NC(c2nnc(SCc3ccc(Cl)cc3Cl)n2C)C(C)C)c1. The highest BCUT2D eigenvalue weighted by Gasteiger charge is 2.25. The van der Waals surface area contributed by atoms with Crippen molar-refractivity contribution < 1.29 is 4.79 Å². The monoisotopic (exact) mass is 462 g/mol. The van der Waals surface area contributed by atoms with Crippen LogP contribution in [-0.2, 0) is 12.8 Å². The number of aryl methyl sites for hydroxylation is 1. The minimum atomic E-state index is -0.260. The summed E-state index contributed by atoms with van der Waals surface area (Å²) in [4.78, 5) is 12.8. The number of halogens is 2. The number of rotatable bonds is 7. The molecule has 0 aliphatic carbocycles. The molecule has 0 saturated heterocycles. The molecule has 3 aromatic rings. The number of benzene rings is 2. The Morgan fingerprint density at radius 2 is 1.93 bits per heavy atom. The summed E-state index contributed by atoms with van der Waals surface area (Å²) in [6.07, 6.45) is 0. The Morgan fingerprint density at radius 3 is 2.60 bits per heavy atom. The second-order valence-corrected chi connectivity index (χ2v) is 9.27. The molecule has 0 saturated carbocycles. The van der Waals surface area contributed by atoms with Crippen molar-refractivity contribution in [1.29, 1.82) is 0 Å². The van der Waals surface area contributed by atoms with Crippen molar-refractivity contribution in [3.63, 3.8) is 0 Å². The van der Waals surface area contributed by atoms with Gasteiger partial charge in [0.05, 0.1) is 6.04 Å². The van der Waals surface area contributed by atoms with Crippen molar-refractivity contribution in [1.82, 2.24) is 20.1 Å². The van der Waals surface area contributed by atoms with E-state index in [-0.39, 0.29) is 17.9 Å². The molecule has 1 heterocycles. The highest BCUT2D eigenvalue weighted by molar-refractivity contribution is 7.98. The lowest BCUT2D eigenvalue weighted by Gasteiger charge is -2.22. The maximum absolute atomic E-state index is 12.8. The van der Waals surface area contributed by atoms with Gasteiger partial charge in [0.2, 0.25) is 0 Å². The third-order valence-corrected chi connectivity index (χ3v) is 6.41. The van der Waals surface area contributed by atoms with Gasteiger partial charge in [-0.15, -0.1) is 10.2 Å². The molecule has 158 valence electrons. The van der Waals surface area contributed by atoms with E-state index >= 15 is 0 Å². The van der Waals surface area contributed by atoms with Gasteiger partial charge in [-0.05, 0) is 42.7 Å². The van der Waals surface area contributed by atoms with E-state index in [1.165, 1.54) is 11.8 Å². The molecule has 8 heteroatoms. The molecule has 0 spiro atoms. The molecule has 5 nitrogen and oxygen atoms in total. The standard InChI is InChI=1S/C22H24Cl2N4OS/c1-13(2)19(25-21(29)15-7-5-6-14(3)10-15)20-26-27-22(28(20)4)30-12-16-8-9-17(23)11-18(16)24/h5-11,13,19H,12H2,1-4H3,(H,25,29). The Bertz CT molecular complexity index is 1050. The quantitative estimate of drug-likeness (QED) is 0.447. The van der Waals surface area contributed by atoms with Crippen LogP contribution in [0.5, 0.6) is 0 Å². The molecule has 0 aliphatic heterocycles. The van der Waals surface area contributed by atoms with Gasteiger partial charge >= 0.3 is 0 Å². The lowest BCUT2D eigenvalue weighted by molar-refractivity contribution is 0.0922. The minimum absolute atomic E-state index is 0.123. The first kappa shape index (κ1) is 22.7. The molecule has 30 heavy (non-hydrogen) atoms. The number of aromatic nitrogens is 3. The van der Waals surface area contributed by atoms with Crippen LogP contribution in [0.25, 0.3) is 0 Å². The fourth-order valence-corrected chi connectivity index (χ4v) is 4.52. The second kappa shape index (κ2) is 9.86. The first-order valence-corrected chi connectivity index (χ1v) is 11.3. The first-order valence-electron chi connectivity index (χ1n) is 9.59. The third-order valence-electron chi connectivity index (χ3n) is 4.75. The predicted octanol–water partition coefficient (Wildman–Crippen LogP) is 5.85. The van der Waals surface area contributed by atoms with Gasteiger partial charge in [0, 0.05) is 28.4 Å². The number of nitrogens with zero attached hydrogens (tertiary/aromatic N) is 3. The van der Waals surface area contributed by atoms with Crippen molar-refractivity contribution in [3.8, 4) is 0 Å². The van der Waals surface area contributed by atoms with Gasteiger partial charge < -0.3 is 9.88 Å². The van der Waals surface area contributed by atoms with E-state index in [1.54, 1.807) is 6.07 Å². The van der Waals surface area contributed by atoms with Gasteiger partial charge in [0.25, 0.3) is 5.91 Å². The van der Waals surface area contributed by atoms with E-state index in [2.05, 4.69) is 29.4 Å². The van der Waals surface area contributed by atoms with Gasteiger partial charge in [-0.1, -0.05) is 72.6 Å². The molecule has 0 aliphatic rings. The highest BCUT2D eigenvalue weighted by Crippen LogP contribution is 2.29. The van der Waals surface area contributed by atoms with E-state index in [4.69, 9.17) is 23.2 Å². The second-order valence-electron chi connectivity index (χ2n) is 7.49. The summed E-state index contributed by atoms with van der Waals surface area (Å²) in [5.41, 5.74) is 2.65. The molecular formula is C22H24Cl2N4OS. The lowest BCUT2D eigenvalue weighted by Crippen LogP contribution is -2.33. The lowest BCUT2D eigenvalue weighted by atomic mass is 10.0. The number of amides is 1. The van der Waals surface area contributed by atoms with Gasteiger partial charge in [0.1, 0.15) is 0 Å². The highest BCUT2D eigenvalue weighted by atomic mass is 35.5. The maximum Gasteiger partial charge on any atom is 0.251 e. The molecule has 0 fully saturated rings. The Hall–Kier alpha value is -2.02. The number of hydrogen-bond donors (Lipinski definition) is 1. The van der Waals surface area contributed by atoms with Gasteiger partial charge in [-0.25, -0.2) is 0 Å². The van der Waals surface area contributed by atoms with Crippen molar-refractivity contribution in [2.24, 2.45) is 13.0 Å². The normalized spacial score (nSPS) is 12.2. The molecule has 1 atom stereocenters. The minimum Gasteiger partial charge on any atom is -0.342 e. The molecule has 1 unspecified atom stereocenters. The van der Waals surface area contributed by atoms with Gasteiger partial charge in [0.15, 0.2) is 11.0 Å². The van der Waals surface area contributed by atoms with Crippen LogP contribution in [0, 0.1) is 12.8 Å². The third kappa shape index (κ3) is 5.36. The topological polar surface area (TPSA) is 59.8 Å². The molecule has 1 N–H and O–H groups in total. The van der Waals surface area contributed by atoms with Crippen molar-refractivity contribution in [2.45, 2.75) is 37.7 Å². The zero-order valence-electron chi connectivity index (χ0n) is 17.3. The van der Waals surface area contributed by atoms with Crippen LogP contribution < -0.4 is 5.32 Å². The number of hydrogen-bond acceptors (Lipinski definition) is 4. The van der Waals surface area contributed by atoms with E-state index < -0.39 is 0 Å². The largest absolute Gasteiger partial charge is 0.342 e. The summed E-state index contributed by atoms with van der Waals surface area (Å²) in [6.45, 7) is 6.07. The number of thioether (sulfide) groups is 1. The molecule has 0 bridgehead atoms. The van der Waals surface area contributed by atoms with Crippen LogP contribution >= 0.6 is 35.0 Å². The number of carbonyl (C=O) groups excluding carboxylic acids is 1. The molecule has 2 aromatic carbocycles. The van der Waals surface area contributed by atoms with E-state index in [1.807, 2.05) is 54.9 Å². The smallest absolute Gasteiger partial charge is 0.251 e. The maximum atomic E-state index is 12.8. The Morgan fingerprint density at radius 1 is 1.17 bits per heavy atom.